The molecular formula is C21H21N7O5S. The quantitative estimate of drug-likeness (QED) is 0.278. The van der Waals surface area contributed by atoms with Crippen LogP contribution in [0.1, 0.15) is 12.0 Å². The third-order valence-electron chi connectivity index (χ3n) is 4.82. The first-order valence-electron chi connectivity index (χ1n) is 10.1. The van der Waals surface area contributed by atoms with Crippen molar-refractivity contribution in [2.24, 2.45) is 10.2 Å². The molecule has 0 aliphatic carbocycles. The summed E-state index contributed by atoms with van der Waals surface area (Å²) < 4.78 is 29.9. The highest BCUT2D eigenvalue weighted by Crippen LogP contribution is 2.28. The van der Waals surface area contributed by atoms with Crippen LogP contribution in [0.2, 0.25) is 0 Å². The van der Waals surface area contributed by atoms with Crippen molar-refractivity contribution in [3.63, 3.8) is 0 Å². The molecule has 2 aromatic carbocycles. The second-order valence-corrected chi connectivity index (χ2v) is 8.83. The fourth-order valence-corrected chi connectivity index (χ4v) is 3.68. The molecule has 2 amide bonds. The minimum Gasteiger partial charge on any atom is -0.410 e. The summed E-state index contributed by atoms with van der Waals surface area (Å²) in [5, 5.41) is 14.6. The van der Waals surface area contributed by atoms with Crippen molar-refractivity contribution < 1.29 is 22.7 Å². The molecule has 1 aliphatic rings. The normalized spacial score (nSPS) is 13.9. The Labute approximate surface area is 194 Å². The number of primary sulfonamides is 1. The zero-order valence-corrected chi connectivity index (χ0v) is 18.6. The molecule has 0 spiro atoms. The van der Waals surface area contributed by atoms with Gasteiger partial charge in [-0.1, -0.05) is 0 Å². The molecule has 0 radical (unpaired) electrons. The van der Waals surface area contributed by atoms with E-state index in [0.29, 0.717) is 36.4 Å². The number of nitrogens with two attached hydrogens (primary N) is 1. The Kier molecular flexibility index (Phi) is 6.56. The molecule has 1 aliphatic heterocycles. The van der Waals surface area contributed by atoms with E-state index in [4.69, 9.17) is 9.88 Å². The van der Waals surface area contributed by atoms with Crippen molar-refractivity contribution in [2.75, 3.05) is 17.3 Å². The Bertz CT molecular complexity index is 1340. The van der Waals surface area contributed by atoms with E-state index in [1.54, 1.807) is 24.7 Å². The first-order chi connectivity index (χ1) is 16.3. The van der Waals surface area contributed by atoms with Crippen LogP contribution in [0.25, 0.3) is 0 Å². The Balaban J connectivity index is 1.38. The van der Waals surface area contributed by atoms with Gasteiger partial charge in [-0.05, 0) is 48.9 Å². The molecule has 2 heterocycles. The van der Waals surface area contributed by atoms with Gasteiger partial charge in [0.15, 0.2) is 5.71 Å². The van der Waals surface area contributed by atoms with E-state index in [2.05, 4.69) is 26.1 Å². The van der Waals surface area contributed by atoms with Gasteiger partial charge in [0.1, 0.15) is 5.75 Å². The van der Waals surface area contributed by atoms with Crippen LogP contribution in [0.4, 0.5) is 16.2 Å². The van der Waals surface area contributed by atoms with Crippen LogP contribution in [0.3, 0.4) is 0 Å². The SMILES string of the molecule is NS(=O)(=O)c1ccc(NN=C2C(=O)Nc3ccc(OC(=O)NCCCn4ccnc4)cc32)cc1. The van der Waals surface area contributed by atoms with E-state index in [1.165, 1.54) is 30.3 Å². The number of carbonyl (C=O) groups excluding carboxylic acids is 2. The lowest BCUT2D eigenvalue weighted by atomic mass is 10.1. The molecule has 0 unspecified atom stereocenters. The standard InChI is InChI=1S/C21H21N7O5S/c22-34(31,32)16-5-2-14(3-6-16)26-27-19-17-12-15(4-7-18(17)25-20(19)29)33-21(30)24-8-1-10-28-11-9-23-13-28/h2-7,9,11-13,26H,1,8,10H2,(H,24,30)(H2,22,31,32)(H,25,27,29). The summed E-state index contributed by atoms with van der Waals surface area (Å²) in [5.41, 5.74) is 4.20. The van der Waals surface area contributed by atoms with Gasteiger partial charge in [0.2, 0.25) is 10.0 Å². The molecule has 1 aromatic heterocycles. The molecule has 0 saturated carbocycles. The zero-order valence-electron chi connectivity index (χ0n) is 17.8. The van der Waals surface area contributed by atoms with Gasteiger partial charge in [-0.2, -0.15) is 5.10 Å². The number of carbonyl (C=O) groups is 2. The highest BCUT2D eigenvalue weighted by atomic mass is 32.2. The van der Waals surface area contributed by atoms with E-state index in [1.807, 2.05) is 10.8 Å². The lowest BCUT2D eigenvalue weighted by Gasteiger charge is -2.08. The maximum atomic E-state index is 12.3. The third kappa shape index (κ3) is 5.57. The second-order valence-electron chi connectivity index (χ2n) is 7.27. The van der Waals surface area contributed by atoms with Crippen LogP contribution in [0.5, 0.6) is 5.75 Å². The Morgan fingerprint density at radius 3 is 2.71 bits per heavy atom. The zero-order chi connectivity index (χ0) is 24.1. The largest absolute Gasteiger partial charge is 0.412 e. The molecule has 0 bridgehead atoms. The van der Waals surface area contributed by atoms with Gasteiger partial charge in [0.05, 0.1) is 22.6 Å². The number of sulfonamides is 1. The Morgan fingerprint density at radius 1 is 1.21 bits per heavy atom. The lowest BCUT2D eigenvalue weighted by molar-refractivity contribution is -0.110. The van der Waals surface area contributed by atoms with Gasteiger partial charge >= 0.3 is 6.09 Å². The average molecular weight is 484 g/mol. The van der Waals surface area contributed by atoms with Crippen molar-refractivity contribution in [1.29, 1.82) is 0 Å². The van der Waals surface area contributed by atoms with E-state index >= 15 is 0 Å². The van der Waals surface area contributed by atoms with Gasteiger partial charge in [-0.3, -0.25) is 10.2 Å². The first kappa shape index (κ1) is 22.9. The summed E-state index contributed by atoms with van der Waals surface area (Å²) >= 11 is 0. The molecule has 0 fully saturated rings. The van der Waals surface area contributed by atoms with Crippen molar-refractivity contribution in [1.82, 2.24) is 14.9 Å². The maximum absolute atomic E-state index is 12.3. The average Bonchev–Trinajstić information content (AvgIpc) is 3.42. The summed E-state index contributed by atoms with van der Waals surface area (Å²) in [6.45, 7) is 1.13. The summed E-state index contributed by atoms with van der Waals surface area (Å²) in [5.74, 6) is -0.197. The van der Waals surface area contributed by atoms with Gasteiger partial charge in [-0.15, -0.1) is 0 Å². The Hall–Kier alpha value is -4.23. The number of benzene rings is 2. The number of aromatic nitrogens is 2. The van der Waals surface area contributed by atoms with Crippen molar-refractivity contribution in [3.8, 4) is 5.75 Å². The molecule has 4 rings (SSSR count). The maximum Gasteiger partial charge on any atom is 0.412 e. The minimum atomic E-state index is -3.81. The lowest BCUT2D eigenvalue weighted by Crippen LogP contribution is -2.28. The fraction of sp³-hybridized carbons (Fsp3) is 0.143. The molecule has 5 N–H and O–H groups in total. The van der Waals surface area contributed by atoms with E-state index in [-0.39, 0.29) is 16.4 Å². The van der Waals surface area contributed by atoms with Gasteiger partial charge in [0, 0.05) is 31.0 Å². The minimum absolute atomic E-state index is 0.0450. The third-order valence-corrected chi connectivity index (χ3v) is 5.75. The van der Waals surface area contributed by atoms with Crippen LogP contribution in [0.15, 0.2) is 71.2 Å². The van der Waals surface area contributed by atoms with Crippen LogP contribution in [-0.4, -0.2) is 42.2 Å². The van der Waals surface area contributed by atoms with Crippen LogP contribution in [-0.2, 0) is 21.4 Å². The number of ether oxygens (including phenoxy) is 1. The monoisotopic (exact) mass is 483 g/mol. The summed E-state index contributed by atoms with van der Waals surface area (Å²) in [6, 6.07) is 10.3. The van der Waals surface area contributed by atoms with Crippen LogP contribution < -0.4 is 25.9 Å². The van der Waals surface area contributed by atoms with Crippen molar-refractivity contribution in [3.05, 3.63) is 66.7 Å². The number of fused-ring (bicyclic) bond motifs is 1. The van der Waals surface area contributed by atoms with Gasteiger partial charge in [-0.25, -0.2) is 23.3 Å². The summed E-state index contributed by atoms with van der Waals surface area (Å²) in [7, 11) is -3.81. The number of imidazole rings is 1. The first-order valence-corrected chi connectivity index (χ1v) is 11.7. The Morgan fingerprint density at radius 2 is 2.00 bits per heavy atom. The summed E-state index contributed by atoms with van der Waals surface area (Å²) in [6.07, 6.45) is 5.31. The second kappa shape index (κ2) is 9.72. The highest BCUT2D eigenvalue weighted by Gasteiger charge is 2.27. The molecule has 12 nitrogen and oxygen atoms in total. The van der Waals surface area contributed by atoms with Gasteiger partial charge < -0.3 is 19.9 Å². The van der Waals surface area contributed by atoms with Crippen molar-refractivity contribution in [2.45, 2.75) is 17.9 Å². The smallest absolute Gasteiger partial charge is 0.410 e. The molecule has 0 saturated heterocycles. The number of amides is 2. The van der Waals surface area contributed by atoms with E-state index in [9.17, 15) is 18.0 Å². The summed E-state index contributed by atoms with van der Waals surface area (Å²) in [4.78, 5) is 28.3. The number of hydrazone groups is 1. The predicted molar refractivity (Wildman–Crippen MR) is 124 cm³/mol. The number of hydrogen-bond donors (Lipinski definition) is 4. The number of rotatable bonds is 8. The molecule has 0 atom stereocenters. The number of hydrogen-bond acceptors (Lipinski definition) is 8. The number of nitrogens with one attached hydrogen (secondary N) is 3. The van der Waals surface area contributed by atoms with Crippen molar-refractivity contribution >= 4 is 39.1 Å². The van der Waals surface area contributed by atoms with Crippen LogP contribution in [0, 0.1) is 0 Å². The molecular weight excluding hydrogens is 462 g/mol. The number of anilines is 2. The molecule has 176 valence electrons. The topological polar surface area (TPSA) is 170 Å². The highest BCUT2D eigenvalue weighted by molar-refractivity contribution is 7.89. The number of nitrogens with zero attached hydrogens (tertiary/aromatic N) is 3. The van der Waals surface area contributed by atoms with Gasteiger partial charge in [0.25, 0.3) is 5.91 Å². The number of aryl methyl sites for hydroxylation is 1. The fourth-order valence-electron chi connectivity index (χ4n) is 3.16. The molecule has 34 heavy (non-hydrogen) atoms. The van der Waals surface area contributed by atoms with E-state index in [0.717, 1.165) is 0 Å². The molecule has 3 aromatic rings. The van der Waals surface area contributed by atoms with Crippen LogP contribution >= 0.6 is 0 Å². The molecule has 13 heteroatoms. The predicted octanol–water partition coefficient (Wildman–Crippen LogP) is 1.48. The van der Waals surface area contributed by atoms with E-state index < -0.39 is 22.0 Å².